The Hall–Kier alpha value is -4.01. The molecule has 0 atom stereocenters. The first-order valence-corrected chi connectivity index (χ1v) is 8.76. The third-order valence-electron chi connectivity index (χ3n) is 2.63. The molecule has 5 nitrogen and oxygen atoms in total. The molecule has 29 heavy (non-hydrogen) atoms. The van der Waals surface area contributed by atoms with Gasteiger partial charge in [0.05, 0.1) is 10.6 Å². The Balaban J connectivity index is 0. The predicted molar refractivity (Wildman–Crippen MR) is 120 cm³/mol. The van der Waals surface area contributed by atoms with Crippen molar-refractivity contribution in [3.63, 3.8) is 0 Å². The van der Waals surface area contributed by atoms with Gasteiger partial charge in [0.25, 0.3) is 5.69 Å². The fourth-order valence-electron chi connectivity index (χ4n) is 1.54. The van der Waals surface area contributed by atoms with Crippen molar-refractivity contribution in [2.24, 2.45) is 0 Å². The van der Waals surface area contributed by atoms with Crippen LogP contribution in [0.15, 0.2) is 108 Å². The van der Waals surface area contributed by atoms with Gasteiger partial charge < -0.3 is 0 Å². The van der Waals surface area contributed by atoms with E-state index in [0.717, 1.165) is 5.03 Å². The first-order chi connectivity index (χ1) is 13.6. The van der Waals surface area contributed by atoms with Crippen LogP contribution in [0.3, 0.4) is 0 Å². The first-order valence-electron chi connectivity index (χ1n) is 7.54. The van der Waals surface area contributed by atoms with E-state index in [4.69, 9.17) is 0 Å². The average molecular weight is 404 g/mol. The highest BCUT2D eigenvalue weighted by atomic mass is 32.2. The minimum atomic E-state index is -0.423. The van der Waals surface area contributed by atoms with Crippen LogP contribution in [0.4, 0.5) is 5.69 Å². The van der Waals surface area contributed by atoms with E-state index in [9.17, 15) is 10.1 Å². The topological polar surface area (TPSA) is 68.9 Å². The molecule has 0 bridgehead atoms. The summed E-state index contributed by atoms with van der Waals surface area (Å²) >= 11 is 1.50. The molecule has 0 unspecified atom stereocenters. The van der Waals surface area contributed by atoms with Crippen molar-refractivity contribution in [2.45, 2.75) is 12.5 Å². The summed E-state index contributed by atoms with van der Waals surface area (Å²) in [7, 11) is 0. The van der Waals surface area contributed by atoms with Gasteiger partial charge in [0.15, 0.2) is 0 Å². The maximum Gasteiger partial charge on any atom is 0.270 e. The Bertz CT molecular complexity index is 1020. The number of hydrogen-bond acceptors (Lipinski definition) is 5. The summed E-state index contributed by atoms with van der Waals surface area (Å²) < 4.78 is 0. The molecule has 0 fully saturated rings. The van der Waals surface area contributed by atoms with Crippen LogP contribution in [0.5, 0.6) is 0 Å². The van der Waals surface area contributed by atoms with E-state index in [0.29, 0.717) is 11.3 Å². The summed E-state index contributed by atoms with van der Waals surface area (Å²) in [6.45, 7) is 12.5. The molecule has 1 heterocycles. The summed E-state index contributed by atoms with van der Waals surface area (Å²) in [5.74, 6) is 0. The monoisotopic (exact) mass is 403 g/mol. The van der Waals surface area contributed by atoms with E-state index in [-0.39, 0.29) is 13.1 Å². The van der Waals surface area contributed by atoms with Crippen LogP contribution in [0, 0.1) is 10.1 Å². The lowest BCUT2D eigenvalue weighted by Crippen LogP contribution is -1.91. The van der Waals surface area contributed by atoms with E-state index in [1.165, 1.54) is 23.9 Å². The van der Waals surface area contributed by atoms with Gasteiger partial charge >= 0.3 is 0 Å². The van der Waals surface area contributed by atoms with Gasteiger partial charge in [-0.25, -0.2) is 0 Å². The normalized spacial score (nSPS) is 7.21. The molecule has 1 aromatic carbocycles. The Labute approximate surface area is 175 Å². The SMILES string of the molecule is C.C=C.C=C=C=C=C=C=C=C=C.CSc1ccc(-c2cccc([N+](=O)[O-])c2)nn1. The second kappa shape index (κ2) is 17.4. The zero-order valence-electron chi connectivity index (χ0n) is 15.4. The summed E-state index contributed by atoms with van der Waals surface area (Å²) in [6, 6.07) is 9.99. The van der Waals surface area contributed by atoms with Crippen molar-refractivity contribution >= 4 is 17.4 Å². The largest absolute Gasteiger partial charge is 0.270 e. The fraction of sp³-hybridized carbons (Fsp3) is 0.0870. The number of nitrogens with zero attached hydrogens (tertiary/aromatic N) is 3. The highest BCUT2D eigenvalue weighted by Gasteiger charge is 2.08. The summed E-state index contributed by atoms with van der Waals surface area (Å²) in [5.41, 5.74) is 18.4. The van der Waals surface area contributed by atoms with Gasteiger partial charge in [0.1, 0.15) is 5.03 Å². The second-order valence-corrected chi connectivity index (χ2v) is 5.07. The van der Waals surface area contributed by atoms with Gasteiger partial charge in [0.2, 0.25) is 0 Å². The van der Waals surface area contributed by atoms with Gasteiger partial charge in [-0.1, -0.05) is 31.0 Å². The summed E-state index contributed by atoms with van der Waals surface area (Å²) in [4.78, 5) is 10.2. The van der Waals surface area contributed by atoms with Gasteiger partial charge in [-0.15, -0.1) is 35.1 Å². The Morgan fingerprint density at radius 1 is 0.966 bits per heavy atom. The molecule has 0 aliphatic carbocycles. The number of nitro benzene ring substituents is 1. The van der Waals surface area contributed by atoms with Crippen LogP contribution < -0.4 is 0 Å². The average Bonchev–Trinajstić information content (AvgIpc) is 2.76. The maximum atomic E-state index is 10.7. The zero-order valence-corrected chi connectivity index (χ0v) is 16.2. The lowest BCUT2D eigenvalue weighted by atomic mass is 10.1. The lowest BCUT2D eigenvalue weighted by molar-refractivity contribution is -0.384. The van der Waals surface area contributed by atoms with Crippen molar-refractivity contribution in [2.75, 3.05) is 6.26 Å². The van der Waals surface area contributed by atoms with Crippen molar-refractivity contribution in [1.82, 2.24) is 10.2 Å². The van der Waals surface area contributed by atoms with Crippen LogP contribution in [-0.4, -0.2) is 21.4 Å². The third-order valence-corrected chi connectivity index (χ3v) is 3.26. The van der Waals surface area contributed by atoms with Gasteiger partial charge in [-0.2, -0.15) is 0 Å². The zero-order chi connectivity index (χ0) is 21.2. The van der Waals surface area contributed by atoms with Crippen molar-refractivity contribution in [3.8, 4) is 11.3 Å². The third kappa shape index (κ3) is 11.3. The molecule has 0 saturated heterocycles. The first kappa shape index (κ1) is 27.2. The Kier molecular flexibility index (Phi) is 16.3. The molecule has 0 spiro atoms. The van der Waals surface area contributed by atoms with E-state index >= 15 is 0 Å². The van der Waals surface area contributed by atoms with Crippen molar-refractivity contribution in [3.05, 3.63) is 113 Å². The second-order valence-electron chi connectivity index (χ2n) is 4.25. The van der Waals surface area contributed by atoms with E-state index in [1.807, 2.05) is 12.3 Å². The molecular formula is C23H21N3O2S. The lowest BCUT2D eigenvalue weighted by Gasteiger charge is -2.00. The van der Waals surface area contributed by atoms with Crippen molar-refractivity contribution in [1.29, 1.82) is 0 Å². The van der Waals surface area contributed by atoms with Gasteiger partial charge in [-0.3, -0.25) is 10.1 Å². The number of aromatic nitrogens is 2. The number of rotatable bonds is 3. The molecule has 0 aliphatic rings. The number of thioether (sulfide) groups is 1. The molecule has 146 valence electrons. The highest BCUT2D eigenvalue weighted by molar-refractivity contribution is 7.98. The number of benzene rings is 1. The Morgan fingerprint density at radius 2 is 1.55 bits per heavy atom. The van der Waals surface area contributed by atoms with Crippen LogP contribution in [0.2, 0.25) is 0 Å². The van der Waals surface area contributed by atoms with Crippen LogP contribution in [0.25, 0.3) is 11.3 Å². The summed E-state index contributed by atoms with van der Waals surface area (Å²) in [6.07, 6.45) is 1.91. The molecule has 2 aromatic rings. The van der Waals surface area contributed by atoms with Crippen molar-refractivity contribution < 1.29 is 4.92 Å². The molecule has 1 aromatic heterocycles. The maximum absolute atomic E-state index is 10.7. The smallest absolute Gasteiger partial charge is 0.258 e. The molecule has 6 heteroatoms. The minimum absolute atomic E-state index is 0. The molecule has 2 rings (SSSR count). The van der Waals surface area contributed by atoms with E-state index in [2.05, 4.69) is 76.6 Å². The highest BCUT2D eigenvalue weighted by Crippen LogP contribution is 2.22. The standard InChI is InChI=1S/C11H9N3O2S.C9H4.C2H4.CH4/c1-17-11-6-5-10(12-13-11)8-3-2-4-9(7-8)14(15)16;1-3-5-7-9-8-6-4-2;1-2;/h2-7H,1H3;1-2H2;1-2H2;1H4. The molecular weight excluding hydrogens is 382 g/mol. The minimum Gasteiger partial charge on any atom is -0.258 e. The van der Waals surface area contributed by atoms with Crippen LogP contribution in [0.1, 0.15) is 7.43 Å². The van der Waals surface area contributed by atoms with Gasteiger partial charge in [0, 0.05) is 17.7 Å². The fourth-order valence-corrected chi connectivity index (χ4v) is 1.87. The predicted octanol–water partition coefficient (Wildman–Crippen LogP) is 6.10. The van der Waals surface area contributed by atoms with E-state index in [1.54, 1.807) is 18.2 Å². The van der Waals surface area contributed by atoms with Crippen LogP contribution >= 0.6 is 11.8 Å². The molecule has 0 saturated carbocycles. The molecule has 0 aliphatic heterocycles. The van der Waals surface area contributed by atoms with E-state index < -0.39 is 4.92 Å². The molecule has 0 N–H and O–H groups in total. The summed E-state index contributed by atoms with van der Waals surface area (Å²) in [5, 5.41) is 19.5. The number of non-ortho nitro benzene ring substituents is 1. The number of nitro groups is 1. The molecule has 0 amide bonds. The quantitative estimate of drug-likeness (QED) is 0.204. The van der Waals surface area contributed by atoms with Crippen LogP contribution in [-0.2, 0) is 0 Å². The molecule has 0 radical (unpaired) electrons. The van der Waals surface area contributed by atoms with Gasteiger partial charge in [-0.05, 0) is 60.2 Å². The number of hydrogen-bond donors (Lipinski definition) is 0. The Morgan fingerprint density at radius 3 is 2.00 bits per heavy atom.